The third-order valence-electron chi connectivity index (χ3n) is 12.1. The zero-order valence-electron chi connectivity index (χ0n) is 31.5. The predicted molar refractivity (Wildman–Crippen MR) is 236 cm³/mol. The molecule has 0 spiro atoms. The number of nitrogens with zero attached hydrogens (tertiary/aromatic N) is 4. The van der Waals surface area contributed by atoms with Gasteiger partial charge in [0.05, 0.1) is 38.7 Å². The maximum Gasteiger partial charge on any atom is 0.118 e. The highest BCUT2D eigenvalue weighted by Gasteiger charge is 2.48. The smallest absolute Gasteiger partial charge is 0.118 e. The molecular formula is C52H39N5. The summed E-state index contributed by atoms with van der Waals surface area (Å²) < 4.78 is 4.52. The highest BCUT2D eigenvalue weighted by atomic mass is 15.1. The van der Waals surface area contributed by atoms with Crippen LogP contribution in [-0.4, -0.2) is 19.1 Å². The Bertz CT molecular complexity index is 3070. The van der Waals surface area contributed by atoms with Crippen LogP contribution in [0.3, 0.4) is 0 Å². The van der Waals surface area contributed by atoms with E-state index in [0.717, 1.165) is 62.0 Å². The molecule has 9 aromatic rings. The first-order valence-electron chi connectivity index (χ1n) is 19.7. The van der Waals surface area contributed by atoms with Gasteiger partial charge in [0.15, 0.2) is 0 Å². The number of allylic oxidation sites excluding steroid dienone is 5. The topological polar surface area (TPSA) is 61.7 Å². The lowest BCUT2D eigenvalue weighted by atomic mass is 9.69. The first kappa shape index (κ1) is 33.1. The average molecular weight is 734 g/mol. The van der Waals surface area contributed by atoms with Gasteiger partial charge >= 0.3 is 0 Å². The maximum atomic E-state index is 6.73. The lowest BCUT2D eigenvalue weighted by Gasteiger charge is -2.32. The van der Waals surface area contributed by atoms with Crippen LogP contribution in [0.2, 0.25) is 0 Å². The van der Waals surface area contributed by atoms with Gasteiger partial charge in [0.25, 0.3) is 0 Å². The van der Waals surface area contributed by atoms with Crippen molar-refractivity contribution in [3.05, 3.63) is 216 Å². The third kappa shape index (κ3) is 4.82. The van der Waals surface area contributed by atoms with Crippen molar-refractivity contribution in [2.45, 2.75) is 24.7 Å². The minimum absolute atomic E-state index is 0.252. The Labute approximate surface area is 331 Å². The van der Waals surface area contributed by atoms with Crippen molar-refractivity contribution in [1.82, 2.24) is 19.1 Å². The Hall–Kier alpha value is -7.24. The number of hydrogen-bond acceptors (Lipinski definition) is 3. The second-order valence-electron chi connectivity index (χ2n) is 15.1. The maximum absolute atomic E-state index is 6.73. The monoisotopic (exact) mass is 733 g/mol. The molecule has 1 atom stereocenters. The number of fused-ring (bicyclic) bond motifs is 7. The zero-order chi connectivity index (χ0) is 38.1. The van der Waals surface area contributed by atoms with Gasteiger partial charge < -0.3 is 10.3 Å². The average Bonchev–Trinajstić information content (AvgIpc) is 3.86. The minimum atomic E-state index is -0.554. The van der Waals surface area contributed by atoms with Crippen LogP contribution in [0, 0.1) is 0 Å². The highest BCUT2D eigenvalue weighted by molar-refractivity contribution is 6.09. The fraction of sp³-hybridized carbons (Fsp3) is 0.0769. The highest BCUT2D eigenvalue weighted by Crippen LogP contribution is 2.56. The number of para-hydroxylation sites is 1. The molecule has 272 valence electrons. The first-order chi connectivity index (χ1) is 28.2. The molecule has 0 fully saturated rings. The molecule has 0 saturated carbocycles. The fourth-order valence-electron chi connectivity index (χ4n) is 9.60. The van der Waals surface area contributed by atoms with Crippen molar-refractivity contribution in [2.24, 2.45) is 0 Å². The van der Waals surface area contributed by atoms with Gasteiger partial charge in [-0.15, -0.1) is 0 Å². The lowest BCUT2D eigenvalue weighted by molar-refractivity contribution is 0.742. The molecule has 2 N–H and O–H groups in total. The van der Waals surface area contributed by atoms with Crippen LogP contribution in [0.4, 0.5) is 5.82 Å². The quantitative estimate of drug-likeness (QED) is 0.185. The molecular weight excluding hydrogens is 695 g/mol. The molecule has 4 heterocycles. The Morgan fingerprint density at radius 1 is 0.684 bits per heavy atom. The van der Waals surface area contributed by atoms with Gasteiger partial charge in [0, 0.05) is 40.0 Å². The van der Waals surface area contributed by atoms with E-state index in [-0.39, 0.29) is 5.92 Å². The van der Waals surface area contributed by atoms with Crippen molar-refractivity contribution in [2.75, 3.05) is 5.73 Å². The summed E-state index contributed by atoms with van der Waals surface area (Å²) in [5.41, 5.74) is 22.9. The van der Waals surface area contributed by atoms with Crippen LogP contribution in [0.1, 0.15) is 52.8 Å². The fourth-order valence-corrected chi connectivity index (χ4v) is 9.60. The lowest BCUT2D eigenvalue weighted by Crippen LogP contribution is -2.29. The molecule has 5 heteroatoms. The number of rotatable bonds is 6. The van der Waals surface area contributed by atoms with E-state index in [2.05, 4.69) is 178 Å². The van der Waals surface area contributed by atoms with Crippen LogP contribution in [-0.2, 0) is 5.41 Å². The number of aromatic nitrogens is 4. The van der Waals surface area contributed by atoms with E-state index in [1.807, 2.05) is 31.3 Å². The van der Waals surface area contributed by atoms with Gasteiger partial charge in [0.2, 0.25) is 0 Å². The van der Waals surface area contributed by atoms with E-state index in [0.29, 0.717) is 5.82 Å². The Kier molecular flexibility index (Phi) is 7.51. The van der Waals surface area contributed by atoms with E-state index in [4.69, 9.17) is 10.7 Å². The van der Waals surface area contributed by atoms with Crippen molar-refractivity contribution in [3.63, 3.8) is 0 Å². The normalized spacial score (nSPS) is 15.7. The van der Waals surface area contributed by atoms with E-state index in [1.54, 1.807) is 0 Å². The minimum Gasteiger partial charge on any atom is -0.384 e. The molecule has 4 aromatic heterocycles. The van der Waals surface area contributed by atoms with E-state index >= 15 is 0 Å². The zero-order valence-corrected chi connectivity index (χ0v) is 31.5. The van der Waals surface area contributed by atoms with E-state index in [9.17, 15) is 0 Å². The van der Waals surface area contributed by atoms with E-state index in [1.165, 1.54) is 33.4 Å². The molecule has 2 aliphatic rings. The molecule has 0 aliphatic heterocycles. The van der Waals surface area contributed by atoms with Gasteiger partial charge in [-0.1, -0.05) is 140 Å². The summed E-state index contributed by atoms with van der Waals surface area (Å²) in [6, 6.07) is 54.9. The standard InChI is InChI=1S/C52H39N5/c1-2-14-42-48-46(23-13-32-54-48)57(51(42)53)39-30-26-35(27-31-39)34-24-28-38(29-25-34)56-45-22-12-10-20-41(45)49-47(56)33-43-40-19-9-11-21-44(40)52(50(43)55-49,36-15-5-3-6-16-36)37-17-7-4-8-18-37/h2-26,28-33,35H,27,53H2,1H3/b14-2-. The number of nitrogen functional groups attached to an aromatic ring is 1. The number of benzene rings is 5. The van der Waals surface area contributed by atoms with Crippen LogP contribution < -0.4 is 5.73 Å². The first-order valence-corrected chi connectivity index (χ1v) is 19.7. The van der Waals surface area contributed by atoms with Crippen molar-refractivity contribution in [3.8, 4) is 16.8 Å². The summed E-state index contributed by atoms with van der Waals surface area (Å²) in [5.74, 6) is 0.962. The molecule has 0 radical (unpaired) electrons. The summed E-state index contributed by atoms with van der Waals surface area (Å²) in [6.07, 6.45) is 13.6. The van der Waals surface area contributed by atoms with Gasteiger partial charge in [-0.25, -0.2) is 4.98 Å². The van der Waals surface area contributed by atoms with E-state index < -0.39 is 5.41 Å². The van der Waals surface area contributed by atoms with Crippen molar-refractivity contribution >= 4 is 50.6 Å². The van der Waals surface area contributed by atoms with Crippen LogP contribution in [0.15, 0.2) is 182 Å². The molecule has 2 aliphatic carbocycles. The van der Waals surface area contributed by atoms with Crippen molar-refractivity contribution < 1.29 is 0 Å². The largest absolute Gasteiger partial charge is 0.384 e. The van der Waals surface area contributed by atoms with Crippen LogP contribution >= 0.6 is 0 Å². The van der Waals surface area contributed by atoms with Crippen LogP contribution in [0.5, 0.6) is 0 Å². The third-order valence-corrected chi connectivity index (χ3v) is 12.1. The predicted octanol–water partition coefficient (Wildman–Crippen LogP) is 12.1. The summed E-state index contributed by atoms with van der Waals surface area (Å²) >= 11 is 0. The van der Waals surface area contributed by atoms with Gasteiger partial charge in [-0.3, -0.25) is 9.55 Å². The van der Waals surface area contributed by atoms with Gasteiger partial charge in [-0.2, -0.15) is 0 Å². The Balaban J connectivity index is 1.02. The molecule has 5 aromatic carbocycles. The SMILES string of the molecule is C/C=C\c1c(N)n(C2=CCC(c3ccc(-n4c5ccccc5c5nc6c(cc54)-c4ccccc4C6(c4ccccc4)c4ccccc4)cc3)C=C2)c2cccnc12. The Morgan fingerprint density at radius 3 is 2.12 bits per heavy atom. The summed E-state index contributed by atoms with van der Waals surface area (Å²) in [5, 5.41) is 1.14. The second-order valence-corrected chi connectivity index (χ2v) is 15.1. The van der Waals surface area contributed by atoms with Gasteiger partial charge in [-0.05, 0) is 83.6 Å². The number of pyridine rings is 2. The number of anilines is 1. The number of hydrogen-bond donors (Lipinski definition) is 1. The van der Waals surface area contributed by atoms with Crippen molar-refractivity contribution in [1.29, 1.82) is 0 Å². The van der Waals surface area contributed by atoms with Crippen LogP contribution in [0.25, 0.3) is 61.6 Å². The summed E-state index contributed by atoms with van der Waals surface area (Å²) in [7, 11) is 0. The molecule has 11 rings (SSSR count). The molecule has 57 heavy (non-hydrogen) atoms. The second kappa shape index (κ2) is 12.9. The summed E-state index contributed by atoms with van der Waals surface area (Å²) in [4.78, 5) is 10.4. The Morgan fingerprint density at radius 2 is 1.39 bits per heavy atom. The summed E-state index contributed by atoms with van der Waals surface area (Å²) in [6.45, 7) is 2.01. The molecule has 0 saturated heterocycles. The van der Waals surface area contributed by atoms with Gasteiger partial charge in [0.1, 0.15) is 5.82 Å². The molecule has 5 nitrogen and oxygen atoms in total. The molecule has 1 unspecified atom stereocenters. The molecule has 0 bridgehead atoms. The molecule has 0 amide bonds. The number of nitrogens with two attached hydrogens (primary N) is 1.